The Hall–Kier alpha value is -1.16. The van der Waals surface area contributed by atoms with Gasteiger partial charge in [-0.25, -0.2) is 0 Å². The number of ether oxygens (including phenoxy) is 1. The minimum Gasteiger partial charge on any atom is -0.370 e. The van der Waals surface area contributed by atoms with Crippen LogP contribution in [0.2, 0.25) is 0 Å². The van der Waals surface area contributed by atoms with E-state index in [0.717, 1.165) is 36.1 Å². The molecular weight excluding hydrogens is 216 g/mol. The van der Waals surface area contributed by atoms with Crippen molar-refractivity contribution in [3.05, 3.63) is 17.0 Å². The fraction of sp³-hybridized carbons (Fsp3) is 0.692. The summed E-state index contributed by atoms with van der Waals surface area (Å²) >= 11 is 0. The molecule has 0 saturated heterocycles. The molecule has 92 valence electrons. The summed E-state index contributed by atoms with van der Waals surface area (Å²) in [6, 6.07) is 0.420. The van der Waals surface area contributed by atoms with Crippen molar-refractivity contribution in [1.29, 1.82) is 0 Å². The lowest BCUT2D eigenvalue weighted by Crippen LogP contribution is -2.14. The first-order valence-electron chi connectivity index (χ1n) is 6.53. The number of rotatable bonds is 2. The van der Waals surface area contributed by atoms with Gasteiger partial charge in [0.25, 0.3) is 0 Å². The van der Waals surface area contributed by atoms with Crippen LogP contribution in [0.1, 0.15) is 66.3 Å². The van der Waals surface area contributed by atoms with Gasteiger partial charge in [-0.2, -0.15) is 5.10 Å². The topological polar surface area (TPSA) is 44.1 Å². The van der Waals surface area contributed by atoms with Crippen molar-refractivity contribution in [2.45, 2.75) is 57.8 Å². The van der Waals surface area contributed by atoms with Gasteiger partial charge in [0, 0.05) is 5.56 Å². The van der Waals surface area contributed by atoms with E-state index < -0.39 is 0 Å². The molecule has 1 aliphatic carbocycles. The highest BCUT2D eigenvalue weighted by Crippen LogP contribution is 2.31. The maximum Gasteiger partial charge on any atom is 0.168 e. The van der Waals surface area contributed by atoms with Gasteiger partial charge in [-0.05, 0) is 12.8 Å². The van der Waals surface area contributed by atoms with Crippen LogP contribution in [0.4, 0.5) is 0 Å². The highest BCUT2D eigenvalue weighted by Gasteiger charge is 2.26. The van der Waals surface area contributed by atoms with E-state index in [9.17, 15) is 4.79 Å². The molecule has 1 saturated carbocycles. The number of aromatic nitrogens is 2. The van der Waals surface area contributed by atoms with Crippen molar-refractivity contribution in [1.82, 2.24) is 9.78 Å². The molecular formula is C13H18N2O2. The summed E-state index contributed by atoms with van der Waals surface area (Å²) in [6.45, 7) is 1.12. The Balaban J connectivity index is 1.93. The van der Waals surface area contributed by atoms with Crippen LogP contribution in [0.15, 0.2) is 0 Å². The predicted octanol–water partition coefficient (Wildman–Crippen LogP) is 2.62. The molecule has 1 fully saturated rings. The third kappa shape index (κ3) is 1.90. The quantitative estimate of drug-likeness (QED) is 0.583. The molecule has 4 nitrogen and oxygen atoms in total. The summed E-state index contributed by atoms with van der Waals surface area (Å²) < 4.78 is 7.31. The largest absolute Gasteiger partial charge is 0.370 e. The van der Waals surface area contributed by atoms with E-state index in [1.54, 1.807) is 0 Å². The average Bonchev–Trinajstić information content (AvgIpc) is 2.80. The molecule has 0 unspecified atom stereocenters. The highest BCUT2D eigenvalue weighted by molar-refractivity contribution is 5.75. The minimum atomic E-state index is 0.420. The molecule has 1 aromatic rings. The van der Waals surface area contributed by atoms with Crippen LogP contribution >= 0.6 is 0 Å². The van der Waals surface area contributed by atoms with Crippen molar-refractivity contribution in [3.8, 4) is 0 Å². The van der Waals surface area contributed by atoms with E-state index in [2.05, 4.69) is 5.10 Å². The summed E-state index contributed by atoms with van der Waals surface area (Å²) in [6.07, 6.45) is 8.40. The standard InChI is InChI=1S/C13H18N2O2/c16-7-13-11-8-17-9-12(11)14-15(13)10-5-3-1-2-4-6-10/h7,10H,1-6,8-9H2. The van der Waals surface area contributed by atoms with Crippen LogP contribution < -0.4 is 0 Å². The molecule has 0 atom stereocenters. The molecule has 0 spiro atoms. The number of nitrogens with zero attached hydrogens (tertiary/aromatic N) is 2. The van der Waals surface area contributed by atoms with Crippen LogP contribution in [0.5, 0.6) is 0 Å². The lowest BCUT2D eigenvalue weighted by Gasteiger charge is -2.16. The molecule has 4 heteroatoms. The number of fused-ring (bicyclic) bond motifs is 1. The van der Waals surface area contributed by atoms with Gasteiger partial charge < -0.3 is 4.74 Å². The number of aldehydes is 1. The molecule has 0 N–H and O–H groups in total. The second-order valence-corrected chi connectivity index (χ2v) is 5.01. The maximum atomic E-state index is 11.3. The van der Waals surface area contributed by atoms with Crippen molar-refractivity contribution >= 4 is 6.29 Å². The molecule has 0 amide bonds. The molecule has 3 rings (SSSR count). The average molecular weight is 234 g/mol. The Morgan fingerprint density at radius 2 is 1.94 bits per heavy atom. The summed E-state index contributed by atoms with van der Waals surface area (Å²) in [4.78, 5) is 11.3. The first kappa shape index (κ1) is 11.0. The van der Waals surface area contributed by atoms with Crippen LogP contribution in [0.25, 0.3) is 0 Å². The monoisotopic (exact) mass is 234 g/mol. The first-order valence-corrected chi connectivity index (χ1v) is 6.53. The van der Waals surface area contributed by atoms with Crippen LogP contribution in [-0.2, 0) is 18.0 Å². The van der Waals surface area contributed by atoms with Gasteiger partial charge in [-0.1, -0.05) is 25.7 Å². The third-order valence-corrected chi connectivity index (χ3v) is 3.90. The highest BCUT2D eigenvalue weighted by atomic mass is 16.5. The van der Waals surface area contributed by atoms with E-state index in [0.29, 0.717) is 19.3 Å². The van der Waals surface area contributed by atoms with Crippen LogP contribution in [0, 0.1) is 0 Å². The molecule has 17 heavy (non-hydrogen) atoms. The second-order valence-electron chi connectivity index (χ2n) is 5.01. The van der Waals surface area contributed by atoms with Gasteiger partial charge in [0.1, 0.15) is 5.69 Å². The summed E-state index contributed by atoms with van der Waals surface area (Å²) in [5.74, 6) is 0. The molecule has 0 bridgehead atoms. The fourth-order valence-electron chi connectivity index (χ4n) is 2.96. The molecule has 1 aromatic heterocycles. The maximum absolute atomic E-state index is 11.3. The van der Waals surface area contributed by atoms with E-state index in [1.807, 2.05) is 4.68 Å². The normalized spacial score (nSPS) is 21.2. The zero-order valence-electron chi connectivity index (χ0n) is 10.0. The van der Waals surface area contributed by atoms with Gasteiger partial charge in [-0.3, -0.25) is 9.48 Å². The van der Waals surface area contributed by atoms with E-state index in [1.165, 1.54) is 25.7 Å². The van der Waals surface area contributed by atoms with E-state index in [4.69, 9.17) is 4.74 Å². The number of hydrogen-bond donors (Lipinski definition) is 0. The van der Waals surface area contributed by atoms with Crippen molar-refractivity contribution in [2.75, 3.05) is 0 Å². The lowest BCUT2D eigenvalue weighted by molar-refractivity contribution is 0.109. The van der Waals surface area contributed by atoms with Crippen molar-refractivity contribution < 1.29 is 9.53 Å². The molecule has 2 aliphatic rings. The Morgan fingerprint density at radius 1 is 1.18 bits per heavy atom. The fourth-order valence-corrected chi connectivity index (χ4v) is 2.96. The van der Waals surface area contributed by atoms with Gasteiger partial charge in [0.15, 0.2) is 6.29 Å². The summed E-state index contributed by atoms with van der Waals surface area (Å²) in [5, 5.41) is 4.59. The van der Waals surface area contributed by atoms with Gasteiger partial charge in [-0.15, -0.1) is 0 Å². The summed E-state index contributed by atoms with van der Waals surface area (Å²) in [7, 11) is 0. The Morgan fingerprint density at radius 3 is 2.65 bits per heavy atom. The smallest absolute Gasteiger partial charge is 0.168 e. The Kier molecular flexibility index (Phi) is 2.97. The van der Waals surface area contributed by atoms with Gasteiger partial charge in [0.05, 0.1) is 24.9 Å². The van der Waals surface area contributed by atoms with E-state index >= 15 is 0 Å². The third-order valence-electron chi connectivity index (χ3n) is 3.90. The number of hydrogen-bond acceptors (Lipinski definition) is 3. The SMILES string of the molecule is O=Cc1c2c(nn1C1CCCCCC1)COC2. The summed E-state index contributed by atoms with van der Waals surface area (Å²) in [5.41, 5.74) is 2.74. The second kappa shape index (κ2) is 4.61. The zero-order valence-corrected chi connectivity index (χ0v) is 10.0. The van der Waals surface area contributed by atoms with Crippen LogP contribution in [0.3, 0.4) is 0 Å². The van der Waals surface area contributed by atoms with Gasteiger partial charge in [0.2, 0.25) is 0 Å². The Bertz CT molecular complexity index is 417. The molecule has 1 aliphatic heterocycles. The lowest BCUT2D eigenvalue weighted by atomic mass is 10.1. The number of carbonyl (C=O) groups excluding carboxylic acids is 1. The molecule has 0 aromatic carbocycles. The Labute approximate surface area is 101 Å². The molecule has 2 heterocycles. The van der Waals surface area contributed by atoms with Gasteiger partial charge >= 0.3 is 0 Å². The first-order chi connectivity index (χ1) is 8.40. The zero-order chi connectivity index (χ0) is 11.7. The predicted molar refractivity (Wildman–Crippen MR) is 62.8 cm³/mol. The van der Waals surface area contributed by atoms with Crippen LogP contribution in [-0.4, -0.2) is 16.1 Å². The van der Waals surface area contributed by atoms with E-state index in [-0.39, 0.29) is 0 Å². The number of carbonyl (C=O) groups is 1. The molecule has 0 radical (unpaired) electrons. The van der Waals surface area contributed by atoms with Crippen molar-refractivity contribution in [3.63, 3.8) is 0 Å². The van der Waals surface area contributed by atoms with Crippen molar-refractivity contribution in [2.24, 2.45) is 0 Å². The minimum absolute atomic E-state index is 0.420.